The van der Waals surface area contributed by atoms with Crippen LogP contribution >= 0.6 is 0 Å². The molecule has 4 N–H and O–H groups in total. The summed E-state index contributed by atoms with van der Waals surface area (Å²) in [4.78, 5) is 10.4. The fourth-order valence-corrected chi connectivity index (χ4v) is 2.71. The summed E-state index contributed by atoms with van der Waals surface area (Å²) in [5.74, 6) is -0.753. The van der Waals surface area contributed by atoms with E-state index >= 15 is 0 Å². The molecule has 0 aliphatic rings. The van der Waals surface area contributed by atoms with Gasteiger partial charge in [0.2, 0.25) is 0 Å². The summed E-state index contributed by atoms with van der Waals surface area (Å²) >= 11 is 0. The monoisotopic (exact) mass is 340 g/mol. The van der Waals surface area contributed by atoms with Gasteiger partial charge in [-0.05, 0) is 19.3 Å². The minimum absolute atomic E-state index is 0. The van der Waals surface area contributed by atoms with E-state index < -0.39 is 24.3 Å². The molecule has 5 nitrogen and oxygen atoms in total. The number of hydrogen-bond donors (Lipinski definition) is 4. The van der Waals surface area contributed by atoms with Crippen LogP contribution in [0.4, 0.5) is 0 Å². The quantitative estimate of drug-likeness (QED) is 0.240. The molecule has 0 aliphatic carbocycles. The third-order valence-corrected chi connectivity index (χ3v) is 4.24. The summed E-state index contributed by atoms with van der Waals surface area (Å²) in [5, 5.41) is 38.2. The number of aliphatic hydroxyl groups excluding tert-OH is 3. The maximum absolute atomic E-state index is 10.4. The van der Waals surface area contributed by atoms with Crippen LogP contribution in [0.1, 0.15) is 91.8 Å². The summed E-state index contributed by atoms with van der Waals surface area (Å²) in [6, 6.07) is 0. The first kappa shape index (κ1) is 26.2. The van der Waals surface area contributed by atoms with Crippen LogP contribution < -0.4 is 18.9 Å². The van der Waals surface area contributed by atoms with E-state index in [4.69, 9.17) is 5.11 Å². The van der Waals surface area contributed by atoms with Gasteiger partial charge in [0.1, 0.15) is 0 Å². The molecule has 0 spiro atoms. The van der Waals surface area contributed by atoms with Crippen LogP contribution in [-0.2, 0) is 4.79 Å². The van der Waals surface area contributed by atoms with Gasteiger partial charge in [0.25, 0.3) is 0 Å². The standard InChI is InChI=1S/C18H36O5.Li.H/c1-2-3-4-8-11-15(19)14-17(21)16(20)12-9-6-5-7-10-13-18(22)23;;/h15-17,19-21H,2-14H2,1H3,(H,22,23);;/q;+1;-1. The molecule has 0 aromatic heterocycles. The van der Waals surface area contributed by atoms with Crippen molar-refractivity contribution >= 4 is 5.97 Å². The summed E-state index contributed by atoms with van der Waals surface area (Å²) in [6.45, 7) is 2.14. The van der Waals surface area contributed by atoms with Crippen molar-refractivity contribution in [1.29, 1.82) is 0 Å². The zero-order chi connectivity index (χ0) is 17.5. The second kappa shape index (κ2) is 17.8. The van der Waals surface area contributed by atoms with Gasteiger partial charge in [-0.3, -0.25) is 4.79 Å². The molecule has 0 aliphatic heterocycles. The Balaban J connectivity index is -0.00000242. The van der Waals surface area contributed by atoms with Crippen LogP contribution in [-0.4, -0.2) is 44.7 Å². The van der Waals surface area contributed by atoms with Gasteiger partial charge in [0.05, 0.1) is 18.3 Å². The first-order valence-corrected chi connectivity index (χ1v) is 9.23. The fraction of sp³-hybridized carbons (Fsp3) is 0.944. The molecule has 0 amide bonds. The van der Waals surface area contributed by atoms with E-state index in [1.165, 1.54) is 6.42 Å². The second-order valence-corrected chi connectivity index (χ2v) is 6.57. The molecule has 0 saturated heterocycles. The summed E-state index contributed by atoms with van der Waals surface area (Å²) in [5.41, 5.74) is 0. The van der Waals surface area contributed by atoms with Gasteiger partial charge in [-0.25, -0.2) is 0 Å². The zero-order valence-electron chi connectivity index (χ0n) is 16.6. The van der Waals surface area contributed by atoms with Crippen molar-refractivity contribution < 1.29 is 45.5 Å². The molecule has 0 aromatic rings. The van der Waals surface area contributed by atoms with E-state index in [0.717, 1.165) is 44.9 Å². The number of carboxylic acids is 1. The third kappa shape index (κ3) is 16.8. The van der Waals surface area contributed by atoms with E-state index in [2.05, 4.69) is 6.92 Å². The predicted octanol–water partition coefficient (Wildman–Crippen LogP) is 0.361. The average molecular weight is 340 g/mol. The summed E-state index contributed by atoms with van der Waals surface area (Å²) in [7, 11) is 0. The minimum atomic E-state index is -0.858. The van der Waals surface area contributed by atoms with Crippen LogP contribution in [0, 0.1) is 0 Å². The van der Waals surface area contributed by atoms with Crippen molar-refractivity contribution in [2.24, 2.45) is 0 Å². The van der Waals surface area contributed by atoms with Crippen molar-refractivity contribution in [2.45, 2.75) is 109 Å². The van der Waals surface area contributed by atoms with E-state index in [1.807, 2.05) is 0 Å². The van der Waals surface area contributed by atoms with Crippen LogP contribution in [0.25, 0.3) is 0 Å². The van der Waals surface area contributed by atoms with E-state index in [1.54, 1.807) is 0 Å². The van der Waals surface area contributed by atoms with Crippen molar-refractivity contribution in [3.63, 3.8) is 0 Å². The van der Waals surface area contributed by atoms with Crippen LogP contribution in [0.5, 0.6) is 0 Å². The SMILES string of the molecule is CCCCCCC(O)CC(O)C(O)CCCCCCCC(=O)O.[H-].[Li+]. The summed E-state index contributed by atoms with van der Waals surface area (Å²) in [6.07, 6.45) is 8.21. The van der Waals surface area contributed by atoms with Crippen LogP contribution in [0.2, 0.25) is 0 Å². The van der Waals surface area contributed by atoms with Crippen molar-refractivity contribution in [1.82, 2.24) is 0 Å². The molecule has 0 saturated carbocycles. The van der Waals surface area contributed by atoms with Gasteiger partial charge in [0.15, 0.2) is 0 Å². The van der Waals surface area contributed by atoms with E-state index in [9.17, 15) is 20.1 Å². The fourth-order valence-electron chi connectivity index (χ4n) is 2.71. The molecule has 0 fully saturated rings. The molecule has 0 heterocycles. The van der Waals surface area contributed by atoms with E-state index in [-0.39, 0.29) is 33.1 Å². The van der Waals surface area contributed by atoms with Crippen molar-refractivity contribution in [3.05, 3.63) is 0 Å². The number of rotatable bonds is 16. The Morgan fingerprint density at radius 2 is 1.38 bits per heavy atom. The molecule has 3 unspecified atom stereocenters. The number of aliphatic hydroxyl groups is 3. The average Bonchev–Trinajstić information content (AvgIpc) is 2.50. The number of unbranched alkanes of at least 4 members (excludes halogenated alkanes) is 7. The largest absolute Gasteiger partial charge is 1.00 e. The number of carbonyl (C=O) groups is 1. The Morgan fingerprint density at radius 3 is 2.00 bits per heavy atom. The molecule has 140 valence electrons. The van der Waals surface area contributed by atoms with Crippen LogP contribution in [0.15, 0.2) is 0 Å². The molecule has 0 aromatic carbocycles. The number of carboxylic acid groups (broad SMARTS) is 1. The Labute approximate surface area is 160 Å². The van der Waals surface area contributed by atoms with Crippen LogP contribution in [0.3, 0.4) is 0 Å². The molecular weight excluding hydrogens is 303 g/mol. The Kier molecular flexibility index (Phi) is 19.4. The van der Waals surface area contributed by atoms with Gasteiger partial charge < -0.3 is 21.9 Å². The first-order valence-electron chi connectivity index (χ1n) is 9.23. The molecular formula is C18H37LiO5. The molecule has 3 atom stereocenters. The predicted molar refractivity (Wildman–Crippen MR) is 92.5 cm³/mol. The Morgan fingerprint density at radius 1 is 0.833 bits per heavy atom. The van der Waals surface area contributed by atoms with Crippen molar-refractivity contribution in [3.8, 4) is 0 Å². The maximum atomic E-state index is 10.4. The topological polar surface area (TPSA) is 98.0 Å². The van der Waals surface area contributed by atoms with Gasteiger partial charge >= 0.3 is 24.8 Å². The Bertz CT molecular complexity index is 295. The van der Waals surface area contributed by atoms with Crippen molar-refractivity contribution in [2.75, 3.05) is 0 Å². The maximum Gasteiger partial charge on any atom is 1.00 e. The molecule has 0 radical (unpaired) electrons. The number of hydrogen-bond acceptors (Lipinski definition) is 4. The smallest absolute Gasteiger partial charge is 1.00 e. The first-order chi connectivity index (χ1) is 11.0. The third-order valence-electron chi connectivity index (χ3n) is 4.24. The minimum Gasteiger partial charge on any atom is -1.00 e. The van der Waals surface area contributed by atoms with Gasteiger partial charge in [-0.2, -0.15) is 0 Å². The van der Waals surface area contributed by atoms with Gasteiger partial charge in [-0.15, -0.1) is 0 Å². The van der Waals surface area contributed by atoms with E-state index in [0.29, 0.717) is 19.3 Å². The molecule has 24 heavy (non-hydrogen) atoms. The van der Waals surface area contributed by atoms with Gasteiger partial charge in [-0.1, -0.05) is 58.3 Å². The second-order valence-electron chi connectivity index (χ2n) is 6.57. The molecule has 0 rings (SSSR count). The molecule has 6 heteroatoms. The Hall–Kier alpha value is -0.0526. The zero-order valence-corrected chi connectivity index (χ0v) is 15.6. The van der Waals surface area contributed by atoms with Gasteiger partial charge in [0, 0.05) is 12.8 Å². The normalized spacial score (nSPS) is 14.7. The number of aliphatic carboxylic acids is 1. The molecule has 0 bridgehead atoms. The summed E-state index contributed by atoms with van der Waals surface area (Å²) < 4.78 is 0.